The van der Waals surface area contributed by atoms with E-state index in [2.05, 4.69) is 41.6 Å². The zero-order valence-corrected chi connectivity index (χ0v) is 17.7. The molecule has 2 amide bonds. The molecule has 1 aliphatic carbocycles. The van der Waals surface area contributed by atoms with Gasteiger partial charge < -0.3 is 15.7 Å². The van der Waals surface area contributed by atoms with Gasteiger partial charge in [0.2, 0.25) is 5.91 Å². The molecule has 1 fully saturated rings. The topological polar surface area (TPSA) is 107 Å². The first-order valence-electron chi connectivity index (χ1n) is 10.3. The average Bonchev–Trinajstić information content (AvgIpc) is 3.10. The van der Waals surface area contributed by atoms with Crippen LogP contribution in [0.15, 0.2) is 24.3 Å². The highest BCUT2D eigenvalue weighted by Gasteiger charge is 2.37. The summed E-state index contributed by atoms with van der Waals surface area (Å²) in [6.45, 7) is 8.53. The van der Waals surface area contributed by atoms with Crippen LogP contribution in [0.25, 0.3) is 10.9 Å². The van der Waals surface area contributed by atoms with Crippen LogP contribution in [0.2, 0.25) is 0 Å². The molecule has 0 aliphatic heterocycles. The van der Waals surface area contributed by atoms with E-state index in [9.17, 15) is 14.7 Å². The number of benzene rings is 1. The summed E-state index contributed by atoms with van der Waals surface area (Å²) in [6, 6.07) is 6.61. The number of aromatic nitrogens is 2. The number of nitrogens with one attached hydrogen (secondary N) is 3. The number of nitrogens with zero attached hydrogens (tertiary/aromatic N) is 1. The molecule has 1 unspecified atom stereocenters. The van der Waals surface area contributed by atoms with Crippen LogP contribution in [-0.2, 0) is 4.79 Å². The highest BCUT2D eigenvalue weighted by Crippen LogP contribution is 2.41. The fourth-order valence-electron chi connectivity index (χ4n) is 4.07. The van der Waals surface area contributed by atoms with Crippen LogP contribution in [0.1, 0.15) is 63.9 Å². The van der Waals surface area contributed by atoms with Crippen LogP contribution in [0, 0.1) is 11.3 Å². The number of rotatable bonds is 5. The van der Waals surface area contributed by atoms with Gasteiger partial charge in [0.15, 0.2) is 5.69 Å². The molecule has 1 aromatic carbocycles. The van der Waals surface area contributed by atoms with Crippen molar-refractivity contribution in [1.29, 1.82) is 0 Å². The molecule has 2 aromatic rings. The number of fused-ring (bicyclic) bond motifs is 1. The molecule has 7 heteroatoms. The molecule has 1 atom stereocenters. The number of carbonyl (C=O) groups excluding carboxylic acids is 2. The minimum Gasteiger partial charge on any atom is -0.388 e. The molecule has 0 saturated heterocycles. The molecule has 0 radical (unpaired) electrons. The van der Waals surface area contributed by atoms with E-state index >= 15 is 0 Å². The van der Waals surface area contributed by atoms with Crippen LogP contribution < -0.4 is 10.6 Å². The SMILES string of the molecule is CC(NC(=O)c1n[nH]c2ccccc12)C(=O)NCC1(O)CCC(C(C)(C)C)CC1. The van der Waals surface area contributed by atoms with E-state index in [1.807, 2.05) is 24.3 Å². The van der Waals surface area contributed by atoms with Gasteiger partial charge in [-0.25, -0.2) is 0 Å². The van der Waals surface area contributed by atoms with Crippen molar-refractivity contribution in [3.8, 4) is 0 Å². The Kier molecular flexibility index (Phi) is 5.98. The number of aliphatic hydroxyl groups is 1. The summed E-state index contributed by atoms with van der Waals surface area (Å²) in [7, 11) is 0. The first-order valence-corrected chi connectivity index (χ1v) is 10.3. The van der Waals surface area contributed by atoms with Crippen molar-refractivity contribution in [3.63, 3.8) is 0 Å². The Hall–Kier alpha value is -2.41. The fourth-order valence-corrected chi connectivity index (χ4v) is 4.07. The summed E-state index contributed by atoms with van der Waals surface area (Å²) in [5.41, 5.74) is 0.390. The third kappa shape index (κ3) is 4.96. The van der Waals surface area contributed by atoms with Crippen LogP contribution in [0.3, 0.4) is 0 Å². The quantitative estimate of drug-likeness (QED) is 0.619. The zero-order chi connectivity index (χ0) is 21.2. The zero-order valence-electron chi connectivity index (χ0n) is 17.7. The molecule has 3 rings (SSSR count). The van der Waals surface area contributed by atoms with E-state index in [0.29, 0.717) is 24.1 Å². The van der Waals surface area contributed by atoms with Gasteiger partial charge in [0.1, 0.15) is 6.04 Å². The molecule has 1 saturated carbocycles. The van der Waals surface area contributed by atoms with Crippen molar-refractivity contribution >= 4 is 22.7 Å². The molecular formula is C22H32N4O3. The van der Waals surface area contributed by atoms with E-state index in [1.54, 1.807) is 6.92 Å². The molecule has 1 aromatic heterocycles. The molecular weight excluding hydrogens is 368 g/mol. The maximum atomic E-state index is 12.5. The summed E-state index contributed by atoms with van der Waals surface area (Å²) in [4.78, 5) is 25.0. The maximum Gasteiger partial charge on any atom is 0.273 e. The summed E-state index contributed by atoms with van der Waals surface area (Å²) in [6.07, 6.45) is 3.26. The lowest BCUT2D eigenvalue weighted by molar-refractivity contribution is -0.124. The van der Waals surface area contributed by atoms with E-state index in [-0.39, 0.29) is 23.6 Å². The van der Waals surface area contributed by atoms with E-state index in [0.717, 1.165) is 18.4 Å². The van der Waals surface area contributed by atoms with Crippen LogP contribution in [0.4, 0.5) is 0 Å². The van der Waals surface area contributed by atoms with Crippen LogP contribution >= 0.6 is 0 Å². The van der Waals surface area contributed by atoms with Gasteiger partial charge in [-0.3, -0.25) is 14.7 Å². The number of hydrogen-bond donors (Lipinski definition) is 4. The third-order valence-corrected chi connectivity index (χ3v) is 6.16. The molecule has 4 N–H and O–H groups in total. The van der Waals surface area contributed by atoms with Gasteiger partial charge in [-0.1, -0.05) is 39.0 Å². The molecule has 0 bridgehead atoms. The van der Waals surface area contributed by atoms with E-state index in [4.69, 9.17) is 0 Å². The molecule has 0 spiro atoms. The Bertz CT molecular complexity index is 876. The second-order valence-corrected chi connectivity index (χ2v) is 9.40. The lowest BCUT2D eigenvalue weighted by Gasteiger charge is -2.41. The van der Waals surface area contributed by atoms with Gasteiger partial charge in [-0.05, 0) is 50.0 Å². The summed E-state index contributed by atoms with van der Waals surface area (Å²) >= 11 is 0. The standard InChI is InChI=1S/C22H32N4O3/c1-14(24-20(28)18-16-7-5-6-8-17(16)25-26-18)19(27)23-13-22(29)11-9-15(10-12-22)21(2,3)4/h5-8,14-15,29H,9-13H2,1-4H3,(H,23,27)(H,24,28)(H,25,26). The van der Waals surface area contributed by atoms with Gasteiger partial charge in [0.05, 0.1) is 11.1 Å². The second-order valence-electron chi connectivity index (χ2n) is 9.40. The van der Waals surface area contributed by atoms with Crippen molar-refractivity contribution < 1.29 is 14.7 Å². The average molecular weight is 401 g/mol. The van der Waals surface area contributed by atoms with Crippen molar-refractivity contribution in [2.45, 2.75) is 65.0 Å². The Morgan fingerprint density at radius 2 is 1.93 bits per heavy atom. The largest absolute Gasteiger partial charge is 0.388 e. The third-order valence-electron chi connectivity index (χ3n) is 6.16. The minimum absolute atomic E-state index is 0.203. The monoisotopic (exact) mass is 400 g/mol. The summed E-state index contributed by atoms with van der Waals surface area (Å²) < 4.78 is 0. The first-order chi connectivity index (χ1) is 13.6. The minimum atomic E-state index is -0.875. The van der Waals surface area contributed by atoms with E-state index in [1.165, 1.54) is 0 Å². The van der Waals surface area contributed by atoms with Crippen LogP contribution in [0.5, 0.6) is 0 Å². The van der Waals surface area contributed by atoms with Gasteiger partial charge >= 0.3 is 0 Å². The number of hydrogen-bond acceptors (Lipinski definition) is 4. The molecule has 29 heavy (non-hydrogen) atoms. The molecule has 1 aliphatic rings. The molecule has 7 nitrogen and oxygen atoms in total. The Balaban J connectivity index is 1.51. The van der Waals surface area contributed by atoms with Gasteiger partial charge in [0, 0.05) is 11.9 Å². The van der Waals surface area contributed by atoms with Crippen molar-refractivity contribution in [3.05, 3.63) is 30.0 Å². The number of carbonyl (C=O) groups is 2. The number of aromatic amines is 1. The van der Waals surface area contributed by atoms with Crippen molar-refractivity contribution in [1.82, 2.24) is 20.8 Å². The summed E-state index contributed by atoms with van der Waals surface area (Å²) in [5.74, 6) is -0.139. The highest BCUT2D eigenvalue weighted by molar-refractivity contribution is 6.05. The predicted octanol–water partition coefficient (Wildman–Crippen LogP) is 2.76. The first kappa shape index (κ1) is 21.3. The smallest absolute Gasteiger partial charge is 0.273 e. The fraction of sp³-hybridized carbons (Fsp3) is 0.591. The van der Waals surface area contributed by atoms with Crippen LogP contribution in [-0.4, -0.2) is 45.3 Å². The Morgan fingerprint density at radius 3 is 2.59 bits per heavy atom. The lowest BCUT2D eigenvalue weighted by Crippen LogP contribution is -2.51. The van der Waals surface area contributed by atoms with Crippen molar-refractivity contribution in [2.75, 3.05) is 6.54 Å². The Morgan fingerprint density at radius 1 is 1.28 bits per heavy atom. The van der Waals surface area contributed by atoms with E-state index < -0.39 is 17.6 Å². The maximum absolute atomic E-state index is 12.5. The number of H-pyrrole nitrogens is 1. The van der Waals surface area contributed by atoms with Gasteiger partial charge in [-0.15, -0.1) is 0 Å². The number of para-hydroxylation sites is 1. The van der Waals surface area contributed by atoms with Gasteiger partial charge in [-0.2, -0.15) is 5.10 Å². The van der Waals surface area contributed by atoms with Gasteiger partial charge in [0.25, 0.3) is 5.91 Å². The summed E-state index contributed by atoms with van der Waals surface area (Å²) in [5, 5.41) is 23.9. The Labute approximate surface area is 171 Å². The predicted molar refractivity (Wildman–Crippen MR) is 112 cm³/mol. The molecule has 1 heterocycles. The highest BCUT2D eigenvalue weighted by atomic mass is 16.3. The lowest BCUT2D eigenvalue weighted by atomic mass is 9.68. The number of amides is 2. The molecule has 158 valence electrons. The van der Waals surface area contributed by atoms with Crippen molar-refractivity contribution in [2.24, 2.45) is 11.3 Å². The second kappa shape index (κ2) is 8.14. The normalized spacial score (nSPS) is 23.6.